The Kier molecular flexibility index (Phi) is 3.75. The standard InChI is InChI=1S/C10H16BrN3O/c1-8(11)10-7-14(13-12-10)6-9-4-2-3-5-15-9/h7-9H,2-6H2,1H3. The van der Waals surface area contributed by atoms with Gasteiger partial charge in [0.15, 0.2) is 0 Å². The van der Waals surface area contributed by atoms with Gasteiger partial charge in [-0.15, -0.1) is 5.10 Å². The molecule has 1 saturated heterocycles. The van der Waals surface area contributed by atoms with Gasteiger partial charge in [-0.3, -0.25) is 0 Å². The first kappa shape index (κ1) is 11.1. The number of ether oxygens (including phenoxy) is 1. The second-order valence-electron chi connectivity index (χ2n) is 3.97. The lowest BCUT2D eigenvalue weighted by Gasteiger charge is -2.21. The molecule has 2 rings (SSSR count). The van der Waals surface area contributed by atoms with Gasteiger partial charge in [0.05, 0.1) is 23.2 Å². The summed E-state index contributed by atoms with van der Waals surface area (Å²) in [5, 5.41) is 8.18. The molecule has 0 aromatic carbocycles. The number of nitrogens with zero attached hydrogens (tertiary/aromatic N) is 3. The van der Waals surface area contributed by atoms with Gasteiger partial charge in [0.2, 0.25) is 0 Å². The Hall–Kier alpha value is -0.420. The van der Waals surface area contributed by atoms with Crippen molar-refractivity contribution in [2.75, 3.05) is 6.61 Å². The Morgan fingerprint density at radius 2 is 2.53 bits per heavy atom. The van der Waals surface area contributed by atoms with Crippen molar-refractivity contribution in [2.45, 2.75) is 43.7 Å². The number of hydrogen-bond donors (Lipinski definition) is 0. The van der Waals surface area contributed by atoms with Crippen molar-refractivity contribution < 1.29 is 4.74 Å². The van der Waals surface area contributed by atoms with Crippen LogP contribution in [0, 0.1) is 0 Å². The van der Waals surface area contributed by atoms with Crippen LogP contribution in [-0.4, -0.2) is 27.7 Å². The van der Waals surface area contributed by atoms with Crippen LogP contribution in [0.15, 0.2) is 6.20 Å². The van der Waals surface area contributed by atoms with Crippen molar-refractivity contribution in [1.82, 2.24) is 15.0 Å². The molecule has 1 fully saturated rings. The topological polar surface area (TPSA) is 39.9 Å². The molecule has 1 aromatic heterocycles. The summed E-state index contributed by atoms with van der Waals surface area (Å²) >= 11 is 3.47. The van der Waals surface area contributed by atoms with Gasteiger partial charge in [-0.1, -0.05) is 21.1 Å². The smallest absolute Gasteiger partial charge is 0.0960 e. The first-order valence-electron chi connectivity index (χ1n) is 5.41. The SMILES string of the molecule is CC(Br)c1cn(CC2CCCCO2)nn1. The number of halogens is 1. The summed E-state index contributed by atoms with van der Waals surface area (Å²) in [6, 6.07) is 0. The molecule has 1 aliphatic heterocycles. The molecule has 2 unspecified atom stereocenters. The van der Waals surface area contributed by atoms with E-state index in [1.165, 1.54) is 12.8 Å². The van der Waals surface area contributed by atoms with Crippen molar-refractivity contribution in [1.29, 1.82) is 0 Å². The first-order valence-corrected chi connectivity index (χ1v) is 6.33. The van der Waals surface area contributed by atoms with Crippen LogP contribution in [0.1, 0.15) is 36.7 Å². The molecule has 0 amide bonds. The van der Waals surface area contributed by atoms with E-state index in [4.69, 9.17) is 4.74 Å². The van der Waals surface area contributed by atoms with Gasteiger partial charge in [-0.05, 0) is 26.2 Å². The normalized spacial score (nSPS) is 24.0. The minimum absolute atomic E-state index is 0.263. The second-order valence-corrected chi connectivity index (χ2v) is 5.34. The van der Waals surface area contributed by atoms with E-state index in [9.17, 15) is 0 Å². The third kappa shape index (κ3) is 3.01. The van der Waals surface area contributed by atoms with Crippen LogP contribution in [0.5, 0.6) is 0 Å². The van der Waals surface area contributed by atoms with Crippen molar-refractivity contribution in [2.24, 2.45) is 0 Å². The van der Waals surface area contributed by atoms with E-state index in [0.29, 0.717) is 6.10 Å². The van der Waals surface area contributed by atoms with Crippen molar-refractivity contribution >= 4 is 15.9 Å². The summed E-state index contributed by atoms with van der Waals surface area (Å²) in [5.74, 6) is 0. The Balaban J connectivity index is 1.91. The maximum Gasteiger partial charge on any atom is 0.0960 e. The predicted molar refractivity (Wildman–Crippen MR) is 61.0 cm³/mol. The van der Waals surface area contributed by atoms with Crippen LogP contribution in [0.2, 0.25) is 0 Å². The van der Waals surface area contributed by atoms with Gasteiger partial charge in [0, 0.05) is 12.8 Å². The van der Waals surface area contributed by atoms with E-state index >= 15 is 0 Å². The van der Waals surface area contributed by atoms with E-state index in [1.54, 1.807) is 0 Å². The maximum absolute atomic E-state index is 5.65. The molecule has 0 bridgehead atoms. The molecule has 0 radical (unpaired) electrons. The number of rotatable bonds is 3. The lowest BCUT2D eigenvalue weighted by molar-refractivity contribution is 0.00370. The predicted octanol–water partition coefficient (Wildman–Crippen LogP) is 2.30. The highest BCUT2D eigenvalue weighted by Crippen LogP contribution is 2.19. The summed E-state index contributed by atoms with van der Waals surface area (Å²) in [6.45, 7) is 3.76. The Morgan fingerprint density at radius 1 is 1.67 bits per heavy atom. The first-order chi connectivity index (χ1) is 7.25. The van der Waals surface area contributed by atoms with E-state index < -0.39 is 0 Å². The summed E-state index contributed by atoms with van der Waals surface area (Å²) in [7, 11) is 0. The fourth-order valence-electron chi connectivity index (χ4n) is 1.74. The second kappa shape index (κ2) is 5.07. The number of aromatic nitrogens is 3. The van der Waals surface area contributed by atoms with Gasteiger partial charge in [-0.25, -0.2) is 4.68 Å². The van der Waals surface area contributed by atoms with Gasteiger partial charge in [-0.2, -0.15) is 0 Å². The van der Waals surface area contributed by atoms with E-state index in [1.807, 2.05) is 17.8 Å². The molecule has 15 heavy (non-hydrogen) atoms. The lowest BCUT2D eigenvalue weighted by atomic mass is 10.1. The van der Waals surface area contributed by atoms with Gasteiger partial charge >= 0.3 is 0 Å². The van der Waals surface area contributed by atoms with Crippen molar-refractivity contribution in [3.8, 4) is 0 Å². The fraction of sp³-hybridized carbons (Fsp3) is 0.800. The molecule has 2 heterocycles. The summed E-state index contributed by atoms with van der Waals surface area (Å²) in [4.78, 5) is 0.263. The third-order valence-corrected chi connectivity index (χ3v) is 3.10. The molecule has 2 atom stereocenters. The molecule has 4 nitrogen and oxygen atoms in total. The van der Waals surface area contributed by atoms with Crippen LogP contribution in [0.25, 0.3) is 0 Å². The van der Waals surface area contributed by atoms with Crippen LogP contribution >= 0.6 is 15.9 Å². The van der Waals surface area contributed by atoms with E-state index in [0.717, 1.165) is 25.3 Å². The molecular formula is C10H16BrN3O. The highest BCUT2D eigenvalue weighted by molar-refractivity contribution is 9.09. The summed E-state index contributed by atoms with van der Waals surface area (Å²) in [5.41, 5.74) is 0.978. The highest BCUT2D eigenvalue weighted by atomic mass is 79.9. The molecule has 1 aliphatic rings. The van der Waals surface area contributed by atoms with Gasteiger partial charge in [0.25, 0.3) is 0 Å². The molecule has 84 valence electrons. The molecule has 5 heteroatoms. The molecule has 0 saturated carbocycles. The zero-order valence-corrected chi connectivity index (χ0v) is 10.5. The minimum atomic E-state index is 0.263. The molecule has 0 spiro atoms. The monoisotopic (exact) mass is 273 g/mol. The zero-order chi connectivity index (χ0) is 10.7. The minimum Gasteiger partial charge on any atom is -0.376 e. The van der Waals surface area contributed by atoms with Crippen LogP contribution in [0.4, 0.5) is 0 Å². The quantitative estimate of drug-likeness (QED) is 0.794. The molecule has 0 N–H and O–H groups in total. The lowest BCUT2D eigenvalue weighted by Crippen LogP contribution is -2.24. The maximum atomic E-state index is 5.65. The Morgan fingerprint density at radius 3 is 3.13 bits per heavy atom. The van der Waals surface area contributed by atoms with Crippen molar-refractivity contribution in [3.05, 3.63) is 11.9 Å². The largest absolute Gasteiger partial charge is 0.376 e. The van der Waals surface area contributed by atoms with Gasteiger partial charge in [0.1, 0.15) is 0 Å². The van der Waals surface area contributed by atoms with Crippen LogP contribution in [0.3, 0.4) is 0 Å². The highest BCUT2D eigenvalue weighted by Gasteiger charge is 2.15. The van der Waals surface area contributed by atoms with Crippen molar-refractivity contribution in [3.63, 3.8) is 0 Å². The van der Waals surface area contributed by atoms with Crippen LogP contribution < -0.4 is 0 Å². The Labute approximate surface area is 98.1 Å². The van der Waals surface area contributed by atoms with E-state index in [2.05, 4.69) is 26.2 Å². The van der Waals surface area contributed by atoms with Gasteiger partial charge < -0.3 is 4.74 Å². The zero-order valence-electron chi connectivity index (χ0n) is 8.90. The summed E-state index contributed by atoms with van der Waals surface area (Å²) < 4.78 is 7.53. The molecule has 0 aliphatic carbocycles. The van der Waals surface area contributed by atoms with Crippen LogP contribution in [-0.2, 0) is 11.3 Å². The van der Waals surface area contributed by atoms with E-state index in [-0.39, 0.29) is 4.83 Å². The molecular weight excluding hydrogens is 258 g/mol. The number of alkyl halides is 1. The molecule has 1 aromatic rings. The number of hydrogen-bond acceptors (Lipinski definition) is 3. The fourth-order valence-corrected chi connectivity index (χ4v) is 1.95. The summed E-state index contributed by atoms with van der Waals surface area (Å²) in [6.07, 6.45) is 5.90. The third-order valence-electron chi connectivity index (χ3n) is 2.63. The average molecular weight is 274 g/mol. The Bertz CT molecular complexity index is 307. The average Bonchev–Trinajstić information content (AvgIpc) is 2.68.